The van der Waals surface area contributed by atoms with Crippen LogP contribution in [0.3, 0.4) is 0 Å². The maximum atomic E-state index is 10.8. The van der Waals surface area contributed by atoms with Gasteiger partial charge in [-0.05, 0) is 36.4 Å². The SMILES string of the molecule is O=C(O)c1ccc(CNc2ccc(Cl)c3ncccc23)o1. The van der Waals surface area contributed by atoms with E-state index < -0.39 is 5.97 Å². The van der Waals surface area contributed by atoms with Crippen molar-refractivity contribution >= 4 is 34.2 Å². The molecule has 21 heavy (non-hydrogen) atoms. The quantitative estimate of drug-likeness (QED) is 0.767. The number of furan rings is 1. The Hall–Kier alpha value is -2.53. The highest BCUT2D eigenvalue weighted by molar-refractivity contribution is 6.35. The number of anilines is 1. The van der Waals surface area contributed by atoms with Crippen molar-refractivity contribution in [2.45, 2.75) is 6.54 Å². The highest BCUT2D eigenvalue weighted by Gasteiger charge is 2.10. The number of nitrogens with zero attached hydrogens (tertiary/aromatic N) is 1. The average molecular weight is 303 g/mol. The van der Waals surface area contributed by atoms with E-state index in [-0.39, 0.29) is 5.76 Å². The fourth-order valence-electron chi connectivity index (χ4n) is 2.06. The molecule has 0 aliphatic carbocycles. The molecule has 0 radical (unpaired) electrons. The van der Waals surface area contributed by atoms with Crippen LogP contribution in [-0.4, -0.2) is 16.1 Å². The highest BCUT2D eigenvalue weighted by Crippen LogP contribution is 2.28. The van der Waals surface area contributed by atoms with E-state index in [9.17, 15) is 4.79 Å². The first-order valence-electron chi connectivity index (χ1n) is 6.24. The fraction of sp³-hybridized carbons (Fsp3) is 0.0667. The minimum Gasteiger partial charge on any atom is -0.475 e. The zero-order valence-corrected chi connectivity index (χ0v) is 11.6. The Bertz CT molecular complexity index is 814. The number of rotatable bonds is 4. The summed E-state index contributed by atoms with van der Waals surface area (Å²) in [6.45, 7) is 0.374. The molecular formula is C15H11ClN2O3. The second-order valence-electron chi connectivity index (χ2n) is 4.42. The van der Waals surface area contributed by atoms with Crippen molar-refractivity contribution in [2.75, 3.05) is 5.32 Å². The van der Waals surface area contributed by atoms with Gasteiger partial charge in [-0.25, -0.2) is 4.79 Å². The summed E-state index contributed by atoms with van der Waals surface area (Å²) in [7, 11) is 0. The van der Waals surface area contributed by atoms with Gasteiger partial charge in [0.15, 0.2) is 0 Å². The highest BCUT2D eigenvalue weighted by atomic mass is 35.5. The first kappa shape index (κ1) is 13.5. The number of aromatic carboxylic acids is 1. The molecule has 1 aromatic carbocycles. The predicted molar refractivity (Wildman–Crippen MR) is 79.7 cm³/mol. The van der Waals surface area contributed by atoms with Gasteiger partial charge in [-0.3, -0.25) is 4.98 Å². The number of nitrogens with one attached hydrogen (secondary N) is 1. The maximum Gasteiger partial charge on any atom is 0.371 e. The van der Waals surface area contributed by atoms with Crippen LogP contribution in [0.15, 0.2) is 47.0 Å². The summed E-state index contributed by atoms with van der Waals surface area (Å²) in [6.07, 6.45) is 1.68. The van der Waals surface area contributed by atoms with Gasteiger partial charge in [-0.1, -0.05) is 11.6 Å². The van der Waals surface area contributed by atoms with Gasteiger partial charge in [0.2, 0.25) is 5.76 Å². The van der Waals surface area contributed by atoms with Crippen LogP contribution in [0.1, 0.15) is 16.3 Å². The van der Waals surface area contributed by atoms with Crippen molar-refractivity contribution in [1.29, 1.82) is 0 Å². The molecule has 0 spiro atoms. The minimum atomic E-state index is -1.08. The number of carboxylic acids is 1. The Morgan fingerprint density at radius 3 is 2.90 bits per heavy atom. The van der Waals surface area contributed by atoms with Crippen LogP contribution < -0.4 is 5.32 Å². The summed E-state index contributed by atoms with van der Waals surface area (Å²) >= 11 is 6.11. The van der Waals surface area contributed by atoms with Crippen molar-refractivity contribution in [1.82, 2.24) is 4.98 Å². The van der Waals surface area contributed by atoms with Crippen LogP contribution >= 0.6 is 11.6 Å². The van der Waals surface area contributed by atoms with Gasteiger partial charge in [0.1, 0.15) is 5.76 Å². The van der Waals surface area contributed by atoms with E-state index in [2.05, 4.69) is 10.3 Å². The van der Waals surface area contributed by atoms with Crippen molar-refractivity contribution < 1.29 is 14.3 Å². The van der Waals surface area contributed by atoms with E-state index in [0.29, 0.717) is 17.3 Å². The molecule has 6 heteroatoms. The number of carbonyl (C=O) groups is 1. The normalized spacial score (nSPS) is 10.7. The first-order valence-corrected chi connectivity index (χ1v) is 6.62. The summed E-state index contributed by atoms with van der Waals surface area (Å²) in [4.78, 5) is 15.0. The number of carboxylic acid groups (broad SMARTS) is 1. The third-order valence-corrected chi connectivity index (χ3v) is 3.35. The molecule has 0 bridgehead atoms. The molecule has 0 aliphatic heterocycles. The van der Waals surface area contributed by atoms with Crippen LogP contribution in [0.2, 0.25) is 5.02 Å². The molecule has 3 rings (SSSR count). The minimum absolute atomic E-state index is 0.0746. The van der Waals surface area contributed by atoms with Gasteiger partial charge in [0.05, 0.1) is 17.1 Å². The van der Waals surface area contributed by atoms with E-state index in [4.69, 9.17) is 21.1 Å². The van der Waals surface area contributed by atoms with Crippen LogP contribution in [0.4, 0.5) is 5.69 Å². The summed E-state index contributed by atoms with van der Waals surface area (Å²) < 4.78 is 5.20. The molecule has 0 saturated heterocycles. The molecule has 5 nitrogen and oxygen atoms in total. The number of fused-ring (bicyclic) bond motifs is 1. The third-order valence-electron chi connectivity index (χ3n) is 3.05. The summed E-state index contributed by atoms with van der Waals surface area (Å²) in [5.41, 5.74) is 1.57. The molecule has 0 unspecified atom stereocenters. The van der Waals surface area contributed by atoms with Gasteiger partial charge in [0.25, 0.3) is 0 Å². The van der Waals surface area contributed by atoms with Gasteiger partial charge in [-0.2, -0.15) is 0 Å². The zero-order valence-electron chi connectivity index (χ0n) is 10.8. The smallest absolute Gasteiger partial charge is 0.371 e. The Labute approximate surface area is 125 Å². The molecule has 2 N–H and O–H groups in total. The number of pyridine rings is 1. The summed E-state index contributed by atoms with van der Waals surface area (Å²) in [5, 5.41) is 13.5. The summed E-state index contributed by atoms with van der Waals surface area (Å²) in [5.74, 6) is -0.615. The Morgan fingerprint density at radius 2 is 2.14 bits per heavy atom. The molecule has 106 valence electrons. The van der Waals surface area contributed by atoms with Crippen molar-refractivity contribution in [3.63, 3.8) is 0 Å². The fourth-order valence-corrected chi connectivity index (χ4v) is 2.28. The Kier molecular flexibility index (Phi) is 3.50. The standard InChI is InChI=1S/C15H11ClN2O3/c16-11-4-5-12(10-2-1-7-17-14(10)11)18-8-9-3-6-13(21-9)15(19)20/h1-7,18H,8H2,(H,19,20). The predicted octanol–water partition coefficient (Wildman–Crippen LogP) is 3.79. The van der Waals surface area contributed by atoms with E-state index >= 15 is 0 Å². The molecule has 0 aliphatic rings. The molecule has 2 aromatic heterocycles. The largest absolute Gasteiger partial charge is 0.475 e. The van der Waals surface area contributed by atoms with Crippen molar-refractivity contribution in [2.24, 2.45) is 0 Å². The van der Waals surface area contributed by atoms with Crippen LogP contribution in [0.5, 0.6) is 0 Å². The lowest BCUT2D eigenvalue weighted by Crippen LogP contribution is -1.99. The Morgan fingerprint density at radius 1 is 1.29 bits per heavy atom. The van der Waals surface area contributed by atoms with Gasteiger partial charge < -0.3 is 14.8 Å². The van der Waals surface area contributed by atoms with Crippen LogP contribution in [0, 0.1) is 0 Å². The lowest BCUT2D eigenvalue weighted by atomic mass is 10.2. The molecule has 0 amide bonds. The Balaban J connectivity index is 1.85. The van der Waals surface area contributed by atoms with E-state index in [1.807, 2.05) is 18.2 Å². The number of hydrogen-bond donors (Lipinski definition) is 2. The number of halogens is 1. The second kappa shape index (κ2) is 5.46. The summed E-state index contributed by atoms with van der Waals surface area (Å²) in [6, 6.07) is 10.4. The molecule has 0 saturated carbocycles. The lowest BCUT2D eigenvalue weighted by Gasteiger charge is -2.09. The average Bonchev–Trinajstić information content (AvgIpc) is 2.96. The number of hydrogen-bond acceptors (Lipinski definition) is 4. The van der Waals surface area contributed by atoms with Crippen LogP contribution in [-0.2, 0) is 6.54 Å². The van der Waals surface area contributed by atoms with Crippen LogP contribution in [0.25, 0.3) is 10.9 Å². The van der Waals surface area contributed by atoms with E-state index in [0.717, 1.165) is 16.6 Å². The maximum absolute atomic E-state index is 10.8. The number of benzene rings is 1. The van der Waals surface area contributed by atoms with Gasteiger partial charge in [0, 0.05) is 17.3 Å². The van der Waals surface area contributed by atoms with Crippen molar-refractivity contribution in [3.8, 4) is 0 Å². The first-order chi connectivity index (χ1) is 10.1. The number of aromatic nitrogens is 1. The molecule has 0 fully saturated rings. The molecular weight excluding hydrogens is 292 g/mol. The van der Waals surface area contributed by atoms with E-state index in [1.165, 1.54) is 6.07 Å². The van der Waals surface area contributed by atoms with Gasteiger partial charge >= 0.3 is 5.97 Å². The second-order valence-corrected chi connectivity index (χ2v) is 4.83. The molecule has 2 heterocycles. The topological polar surface area (TPSA) is 75.4 Å². The monoisotopic (exact) mass is 302 g/mol. The van der Waals surface area contributed by atoms with Gasteiger partial charge in [-0.15, -0.1) is 0 Å². The zero-order chi connectivity index (χ0) is 14.8. The third kappa shape index (κ3) is 2.68. The molecule has 3 aromatic rings. The van der Waals surface area contributed by atoms with E-state index in [1.54, 1.807) is 18.3 Å². The van der Waals surface area contributed by atoms with Crippen molar-refractivity contribution in [3.05, 3.63) is 59.1 Å². The molecule has 0 atom stereocenters. The lowest BCUT2D eigenvalue weighted by molar-refractivity contribution is 0.0660.